The SMILES string of the molecule is CCCCCO[Cl+3]([O-])([O-])[O-]. The van der Waals surface area contributed by atoms with Crippen LogP contribution in [0.4, 0.5) is 0 Å². The summed E-state index contributed by atoms with van der Waals surface area (Å²) in [7, 11) is -4.20. The Morgan fingerprint density at radius 1 is 1.20 bits per heavy atom. The first kappa shape index (κ1) is 10.1. The highest BCUT2D eigenvalue weighted by atomic mass is 35.7. The Labute approximate surface area is 62.2 Å². The summed E-state index contributed by atoms with van der Waals surface area (Å²) in [6.45, 7) is 1.98. The Balaban J connectivity index is 3.04. The van der Waals surface area contributed by atoms with Crippen LogP contribution in [0.5, 0.6) is 0 Å². The summed E-state index contributed by atoms with van der Waals surface area (Å²) in [5.74, 6) is 0. The maximum atomic E-state index is 9.79. The molecule has 0 unspecified atom stereocenters. The van der Waals surface area contributed by atoms with Crippen molar-refractivity contribution in [1.29, 1.82) is 0 Å². The van der Waals surface area contributed by atoms with Gasteiger partial charge in [0.05, 0.1) is 14.5 Å². The lowest BCUT2D eigenvalue weighted by Gasteiger charge is -2.11. The molecule has 5 heteroatoms. The van der Waals surface area contributed by atoms with Crippen LogP contribution in [0.2, 0.25) is 0 Å². The van der Waals surface area contributed by atoms with Gasteiger partial charge >= 0.3 is 0 Å². The van der Waals surface area contributed by atoms with Crippen molar-refractivity contribution in [3.05, 3.63) is 0 Å². The second kappa shape index (κ2) is 4.87. The first-order chi connectivity index (χ1) is 4.56. The van der Waals surface area contributed by atoms with E-state index >= 15 is 0 Å². The van der Waals surface area contributed by atoms with Crippen molar-refractivity contribution < 1.29 is 28.5 Å². The van der Waals surface area contributed by atoms with Gasteiger partial charge in [0, 0.05) is 0 Å². The van der Waals surface area contributed by atoms with Gasteiger partial charge in [-0.05, 0) is 6.42 Å². The zero-order valence-electron chi connectivity index (χ0n) is 5.84. The molecular formula is C5H11ClO4. The summed E-state index contributed by atoms with van der Waals surface area (Å²) in [6, 6.07) is 0. The van der Waals surface area contributed by atoms with E-state index in [0.717, 1.165) is 12.8 Å². The maximum absolute atomic E-state index is 9.79. The summed E-state index contributed by atoms with van der Waals surface area (Å²) in [5, 5.41) is 0. The molecule has 4 nitrogen and oxygen atoms in total. The molecule has 0 aliphatic heterocycles. The fourth-order valence-electron chi connectivity index (χ4n) is 0.501. The first-order valence-corrected chi connectivity index (χ1v) is 4.35. The minimum absolute atomic E-state index is 0.00122. The third-order valence-corrected chi connectivity index (χ3v) is 1.38. The fourth-order valence-corrected chi connectivity index (χ4v) is 0.799. The maximum Gasteiger partial charge on any atom is 0.203 e. The largest absolute Gasteiger partial charge is 0.203 e. The van der Waals surface area contributed by atoms with Crippen LogP contribution in [0.25, 0.3) is 0 Å². The van der Waals surface area contributed by atoms with Gasteiger partial charge in [-0.3, -0.25) is 0 Å². The highest BCUT2D eigenvalue weighted by Crippen LogP contribution is 1.96. The molecule has 0 N–H and O–H groups in total. The van der Waals surface area contributed by atoms with E-state index < -0.39 is 10.2 Å². The smallest absolute Gasteiger partial charge is 0.183 e. The molecule has 0 amide bonds. The summed E-state index contributed by atoms with van der Waals surface area (Å²) < 4.78 is 33.3. The average molecular weight is 171 g/mol. The lowest BCUT2D eigenvalue weighted by atomic mass is 10.3. The molecule has 0 saturated heterocycles. The molecular weight excluding hydrogens is 160 g/mol. The minimum atomic E-state index is -4.20. The van der Waals surface area contributed by atoms with E-state index in [0.29, 0.717) is 6.42 Å². The molecule has 0 aliphatic rings. The van der Waals surface area contributed by atoms with Crippen LogP contribution in [0.15, 0.2) is 0 Å². The molecule has 0 aromatic rings. The predicted molar refractivity (Wildman–Crippen MR) is 25.5 cm³/mol. The average Bonchev–Trinajstić information content (AvgIpc) is 1.78. The summed E-state index contributed by atoms with van der Waals surface area (Å²) in [4.78, 5) is 0. The summed E-state index contributed by atoms with van der Waals surface area (Å²) in [6.07, 6.45) is 2.47. The van der Waals surface area contributed by atoms with E-state index in [1.165, 1.54) is 0 Å². The highest BCUT2D eigenvalue weighted by Gasteiger charge is 2.15. The number of rotatable bonds is 5. The van der Waals surface area contributed by atoms with E-state index in [4.69, 9.17) is 0 Å². The summed E-state index contributed by atoms with van der Waals surface area (Å²) >= 11 is 0. The van der Waals surface area contributed by atoms with E-state index in [9.17, 15) is 14.0 Å². The fraction of sp³-hybridized carbons (Fsp3) is 1.00. The number of unbranched alkanes of at least 4 members (excludes halogenated alkanes) is 2. The van der Waals surface area contributed by atoms with Crippen molar-refractivity contribution in [3.8, 4) is 0 Å². The van der Waals surface area contributed by atoms with Crippen LogP contribution in [0.3, 0.4) is 0 Å². The quantitative estimate of drug-likeness (QED) is 0.451. The van der Waals surface area contributed by atoms with Gasteiger partial charge < -0.3 is 0 Å². The monoisotopic (exact) mass is 170 g/mol. The molecule has 10 heavy (non-hydrogen) atoms. The molecule has 0 spiro atoms. The van der Waals surface area contributed by atoms with Gasteiger partial charge in [-0.15, -0.1) is 0 Å². The lowest BCUT2D eigenvalue weighted by Crippen LogP contribution is -2.61. The van der Waals surface area contributed by atoms with E-state index in [1.807, 2.05) is 6.92 Å². The summed E-state index contributed by atoms with van der Waals surface area (Å²) in [5.41, 5.74) is 0. The van der Waals surface area contributed by atoms with Gasteiger partial charge in [0.15, 0.2) is 0 Å². The van der Waals surface area contributed by atoms with Crippen molar-refractivity contribution in [2.75, 3.05) is 6.61 Å². The van der Waals surface area contributed by atoms with Gasteiger partial charge in [-0.25, -0.2) is 0 Å². The molecule has 0 radical (unpaired) electrons. The third-order valence-electron chi connectivity index (χ3n) is 0.959. The topological polar surface area (TPSA) is 78.4 Å². The molecule has 0 bridgehead atoms. The van der Waals surface area contributed by atoms with Crippen LogP contribution < -0.4 is 14.0 Å². The standard InChI is InChI=1S/C5H11ClO4/c1-2-3-4-5-10-6(7,8)9/h2-5H2,1H3. The second-order valence-corrected chi connectivity index (χ2v) is 2.87. The Morgan fingerprint density at radius 2 is 1.80 bits per heavy atom. The van der Waals surface area contributed by atoms with Crippen LogP contribution in [0, 0.1) is 10.2 Å². The number of halogens is 1. The Kier molecular flexibility index (Phi) is 4.93. The third kappa shape index (κ3) is 8.13. The van der Waals surface area contributed by atoms with E-state index in [2.05, 4.69) is 4.29 Å². The molecule has 0 fully saturated rings. The van der Waals surface area contributed by atoms with Crippen molar-refractivity contribution in [3.63, 3.8) is 0 Å². The lowest BCUT2D eigenvalue weighted by molar-refractivity contribution is -1.92. The van der Waals surface area contributed by atoms with Gasteiger partial charge in [0.25, 0.3) is 0 Å². The molecule has 62 valence electrons. The van der Waals surface area contributed by atoms with Gasteiger partial charge in [-0.2, -0.15) is 14.0 Å². The molecule has 0 aromatic carbocycles. The van der Waals surface area contributed by atoms with Crippen molar-refractivity contribution in [2.45, 2.75) is 26.2 Å². The minimum Gasteiger partial charge on any atom is -0.183 e. The van der Waals surface area contributed by atoms with Crippen LogP contribution in [0.1, 0.15) is 26.2 Å². The van der Waals surface area contributed by atoms with Gasteiger partial charge in [-0.1, -0.05) is 19.8 Å². The molecule has 0 atom stereocenters. The number of hydrogen-bond acceptors (Lipinski definition) is 4. The zero-order chi connectivity index (χ0) is 8.04. The van der Waals surface area contributed by atoms with E-state index in [-0.39, 0.29) is 6.61 Å². The van der Waals surface area contributed by atoms with Crippen LogP contribution in [-0.2, 0) is 4.29 Å². The molecule has 0 saturated carbocycles. The van der Waals surface area contributed by atoms with Gasteiger partial charge in [0.2, 0.25) is 6.61 Å². The zero-order valence-corrected chi connectivity index (χ0v) is 6.60. The molecule has 0 aromatic heterocycles. The van der Waals surface area contributed by atoms with Crippen molar-refractivity contribution in [2.24, 2.45) is 0 Å². The first-order valence-electron chi connectivity index (χ1n) is 3.11. The van der Waals surface area contributed by atoms with Crippen LogP contribution >= 0.6 is 0 Å². The second-order valence-electron chi connectivity index (χ2n) is 1.90. The van der Waals surface area contributed by atoms with E-state index in [1.54, 1.807) is 0 Å². The Morgan fingerprint density at radius 3 is 2.20 bits per heavy atom. The molecule has 0 rings (SSSR count). The Hall–Kier alpha value is 0.130. The normalized spacial score (nSPS) is 12.0. The Bertz CT molecular complexity index is 80.2. The molecule has 0 aliphatic carbocycles. The number of hydrogen-bond donors (Lipinski definition) is 0. The molecule has 0 heterocycles. The van der Waals surface area contributed by atoms with Gasteiger partial charge in [0.1, 0.15) is 0 Å². The van der Waals surface area contributed by atoms with Crippen LogP contribution in [-0.4, -0.2) is 6.61 Å². The van der Waals surface area contributed by atoms with Crippen molar-refractivity contribution in [1.82, 2.24) is 0 Å². The van der Waals surface area contributed by atoms with Crippen molar-refractivity contribution >= 4 is 0 Å². The highest BCUT2D eigenvalue weighted by molar-refractivity contribution is 4.31. The predicted octanol–water partition coefficient (Wildman–Crippen LogP) is -1.91.